The highest BCUT2D eigenvalue weighted by molar-refractivity contribution is 14.1. The van der Waals surface area contributed by atoms with Gasteiger partial charge >= 0.3 is 0 Å². The van der Waals surface area contributed by atoms with E-state index >= 15 is 0 Å². The summed E-state index contributed by atoms with van der Waals surface area (Å²) in [6.45, 7) is 2.89. The summed E-state index contributed by atoms with van der Waals surface area (Å²) in [5, 5.41) is 3.65. The summed E-state index contributed by atoms with van der Waals surface area (Å²) in [4.78, 5) is 14.6. The lowest BCUT2D eigenvalue weighted by atomic mass is 10.0. The Morgan fingerprint density at radius 3 is 2.67 bits per heavy atom. The molecule has 0 atom stereocenters. The van der Waals surface area contributed by atoms with Crippen LogP contribution in [0.5, 0.6) is 0 Å². The number of piperidine rings is 1. The van der Waals surface area contributed by atoms with Crippen LogP contribution in [0.4, 0.5) is 0 Å². The van der Waals surface area contributed by atoms with Crippen molar-refractivity contribution >= 4 is 44.4 Å². The summed E-state index contributed by atoms with van der Waals surface area (Å²) in [5.41, 5.74) is 0.784. The molecule has 0 bridgehead atoms. The third-order valence-electron chi connectivity index (χ3n) is 4.33. The third kappa shape index (κ3) is 4.20. The summed E-state index contributed by atoms with van der Waals surface area (Å²) < 4.78 is 1.99. The minimum absolute atomic E-state index is 0.154. The molecule has 3 nitrogen and oxygen atoms in total. The zero-order valence-electron chi connectivity index (χ0n) is 11.9. The second-order valence-electron chi connectivity index (χ2n) is 6.04. The number of benzene rings is 1. The first kappa shape index (κ1) is 15.7. The van der Waals surface area contributed by atoms with E-state index in [-0.39, 0.29) is 5.91 Å². The van der Waals surface area contributed by atoms with Crippen molar-refractivity contribution in [2.45, 2.75) is 31.7 Å². The number of rotatable bonds is 4. The van der Waals surface area contributed by atoms with Gasteiger partial charge in [-0.25, -0.2) is 0 Å². The molecule has 0 radical (unpaired) electrons. The molecule has 3 rings (SSSR count). The van der Waals surface area contributed by atoms with Crippen molar-refractivity contribution in [1.29, 1.82) is 0 Å². The topological polar surface area (TPSA) is 32.3 Å². The maximum atomic E-state index is 12.6. The van der Waals surface area contributed by atoms with Gasteiger partial charge in [-0.2, -0.15) is 0 Å². The molecule has 2 fully saturated rings. The van der Waals surface area contributed by atoms with Crippen LogP contribution in [0.15, 0.2) is 22.7 Å². The molecule has 1 aromatic carbocycles. The summed E-state index contributed by atoms with van der Waals surface area (Å²) in [6, 6.07) is 6.52. The van der Waals surface area contributed by atoms with E-state index in [1.54, 1.807) is 0 Å². The number of likely N-dealkylation sites (tertiary alicyclic amines) is 1. The molecule has 1 aliphatic carbocycles. The van der Waals surface area contributed by atoms with Gasteiger partial charge in [0.15, 0.2) is 0 Å². The number of hydrogen-bond acceptors (Lipinski definition) is 2. The van der Waals surface area contributed by atoms with Crippen LogP contribution in [-0.2, 0) is 0 Å². The van der Waals surface area contributed by atoms with Gasteiger partial charge in [0.2, 0.25) is 0 Å². The Hall–Kier alpha value is -0.140. The van der Waals surface area contributed by atoms with Crippen LogP contribution in [0.25, 0.3) is 0 Å². The van der Waals surface area contributed by atoms with Crippen LogP contribution in [0.3, 0.4) is 0 Å². The van der Waals surface area contributed by atoms with E-state index in [2.05, 4.69) is 43.8 Å². The fraction of sp³-hybridized carbons (Fsp3) is 0.562. The molecule has 1 aliphatic heterocycles. The van der Waals surface area contributed by atoms with Crippen molar-refractivity contribution in [1.82, 2.24) is 10.2 Å². The Morgan fingerprint density at radius 1 is 1.29 bits per heavy atom. The van der Waals surface area contributed by atoms with Crippen molar-refractivity contribution in [3.63, 3.8) is 0 Å². The van der Waals surface area contributed by atoms with E-state index in [9.17, 15) is 4.79 Å². The largest absolute Gasteiger partial charge is 0.338 e. The minimum Gasteiger partial charge on any atom is -0.338 e. The molecule has 1 saturated carbocycles. The number of carbonyl (C=O) groups is 1. The summed E-state index contributed by atoms with van der Waals surface area (Å²) in [6.07, 6.45) is 4.93. The van der Waals surface area contributed by atoms with Crippen LogP contribution in [0, 0.1) is 9.49 Å². The number of hydrogen-bond donors (Lipinski definition) is 1. The molecule has 21 heavy (non-hydrogen) atoms. The summed E-state index contributed by atoms with van der Waals surface area (Å²) in [5.74, 6) is 1.08. The van der Waals surface area contributed by atoms with Gasteiger partial charge in [0, 0.05) is 27.2 Å². The number of amides is 1. The van der Waals surface area contributed by atoms with E-state index < -0.39 is 0 Å². The van der Waals surface area contributed by atoms with Crippen molar-refractivity contribution < 1.29 is 4.79 Å². The maximum Gasteiger partial charge on any atom is 0.255 e. The van der Waals surface area contributed by atoms with E-state index in [4.69, 9.17) is 0 Å². The molecule has 5 heteroatoms. The minimum atomic E-state index is 0.154. The highest BCUT2D eigenvalue weighted by Crippen LogP contribution is 2.28. The smallest absolute Gasteiger partial charge is 0.255 e. The average Bonchev–Trinajstić information content (AvgIpc) is 3.32. The Bertz CT molecular complexity index is 525. The normalized spacial score (nSPS) is 19.8. The SMILES string of the molecule is O=C(c1cc(I)ccc1Br)N1CCC(NCC2CC2)CC1. The highest BCUT2D eigenvalue weighted by Gasteiger charge is 2.27. The van der Waals surface area contributed by atoms with Crippen molar-refractivity contribution in [2.75, 3.05) is 19.6 Å². The second-order valence-corrected chi connectivity index (χ2v) is 8.14. The molecule has 114 valence electrons. The molecule has 1 N–H and O–H groups in total. The molecular weight excluding hydrogens is 443 g/mol. The molecule has 1 heterocycles. The van der Waals surface area contributed by atoms with Crippen molar-refractivity contribution in [2.24, 2.45) is 5.92 Å². The first-order valence-electron chi connectivity index (χ1n) is 7.61. The van der Waals surface area contributed by atoms with E-state index in [0.717, 1.165) is 45.5 Å². The molecule has 1 amide bonds. The third-order valence-corrected chi connectivity index (χ3v) is 5.70. The van der Waals surface area contributed by atoms with Crippen LogP contribution in [0.1, 0.15) is 36.0 Å². The standard InChI is InChI=1S/C16H20BrIN2O/c17-15-4-3-12(18)9-14(15)16(21)20-7-5-13(6-8-20)19-10-11-1-2-11/h3-4,9,11,13,19H,1-2,5-8,10H2. The summed E-state index contributed by atoms with van der Waals surface area (Å²) in [7, 11) is 0. The predicted octanol–water partition coefficient (Wildman–Crippen LogP) is 3.66. The van der Waals surface area contributed by atoms with E-state index in [1.165, 1.54) is 19.4 Å². The molecule has 0 aromatic heterocycles. The Morgan fingerprint density at radius 2 is 2.00 bits per heavy atom. The van der Waals surface area contributed by atoms with Gasteiger partial charge in [0.1, 0.15) is 0 Å². The number of nitrogens with zero attached hydrogens (tertiary/aromatic N) is 1. The van der Waals surface area contributed by atoms with Crippen molar-refractivity contribution in [3.05, 3.63) is 31.8 Å². The van der Waals surface area contributed by atoms with Crippen LogP contribution >= 0.6 is 38.5 Å². The van der Waals surface area contributed by atoms with Gasteiger partial charge in [0.25, 0.3) is 5.91 Å². The highest BCUT2D eigenvalue weighted by atomic mass is 127. The summed E-state index contributed by atoms with van der Waals surface area (Å²) >= 11 is 5.74. The lowest BCUT2D eigenvalue weighted by Crippen LogP contribution is -2.45. The van der Waals surface area contributed by atoms with Gasteiger partial charge in [0.05, 0.1) is 5.56 Å². The first-order valence-corrected chi connectivity index (χ1v) is 9.48. The Kier molecular flexibility index (Phi) is 5.22. The molecule has 2 aliphatic rings. The van der Waals surface area contributed by atoms with Crippen LogP contribution in [-0.4, -0.2) is 36.5 Å². The zero-order chi connectivity index (χ0) is 14.8. The zero-order valence-corrected chi connectivity index (χ0v) is 15.7. The first-order chi connectivity index (χ1) is 10.1. The van der Waals surface area contributed by atoms with E-state index in [0.29, 0.717) is 6.04 Å². The lowest BCUT2D eigenvalue weighted by Gasteiger charge is -2.33. The van der Waals surface area contributed by atoms with Crippen LogP contribution in [0.2, 0.25) is 0 Å². The van der Waals surface area contributed by atoms with Gasteiger partial charge < -0.3 is 10.2 Å². The fourth-order valence-electron chi connectivity index (χ4n) is 2.77. The quantitative estimate of drug-likeness (QED) is 0.692. The van der Waals surface area contributed by atoms with Crippen LogP contribution < -0.4 is 5.32 Å². The fourth-order valence-corrected chi connectivity index (χ4v) is 3.68. The number of halogens is 2. The number of carbonyl (C=O) groups excluding carboxylic acids is 1. The van der Waals surface area contributed by atoms with Gasteiger partial charge in [-0.1, -0.05) is 0 Å². The predicted molar refractivity (Wildman–Crippen MR) is 96.5 cm³/mol. The van der Waals surface area contributed by atoms with Gasteiger partial charge in [-0.3, -0.25) is 4.79 Å². The van der Waals surface area contributed by atoms with E-state index in [1.807, 2.05) is 23.1 Å². The molecule has 0 spiro atoms. The van der Waals surface area contributed by atoms with Gasteiger partial charge in [-0.15, -0.1) is 0 Å². The maximum absolute atomic E-state index is 12.6. The molecule has 1 saturated heterocycles. The van der Waals surface area contributed by atoms with Gasteiger partial charge in [-0.05, 0) is 94.9 Å². The lowest BCUT2D eigenvalue weighted by molar-refractivity contribution is 0.0704. The second kappa shape index (κ2) is 6.96. The Balaban J connectivity index is 1.55. The molecule has 1 aromatic rings. The molecular formula is C16H20BrIN2O. The molecule has 0 unspecified atom stereocenters. The average molecular weight is 463 g/mol. The Labute approximate surface area is 148 Å². The monoisotopic (exact) mass is 462 g/mol. The van der Waals surface area contributed by atoms with Crippen molar-refractivity contribution in [3.8, 4) is 0 Å². The number of nitrogens with one attached hydrogen (secondary N) is 1.